The van der Waals surface area contributed by atoms with Crippen LogP contribution in [0.3, 0.4) is 0 Å². The van der Waals surface area contributed by atoms with Gasteiger partial charge in [-0.15, -0.1) is 0 Å². The second kappa shape index (κ2) is 6.31. The highest BCUT2D eigenvalue weighted by Gasteiger charge is 2.18. The molecule has 0 radical (unpaired) electrons. The number of hydrogen-bond donors (Lipinski definition) is 3. The van der Waals surface area contributed by atoms with E-state index in [1.54, 1.807) is 0 Å². The molecule has 20 heavy (non-hydrogen) atoms. The lowest BCUT2D eigenvalue weighted by Gasteiger charge is -2.05. The first-order valence-electron chi connectivity index (χ1n) is 5.85. The lowest BCUT2D eigenvalue weighted by atomic mass is 10.2. The second-order valence-corrected chi connectivity index (χ2v) is 5.56. The van der Waals surface area contributed by atoms with E-state index in [2.05, 4.69) is 57.3 Å². The van der Waals surface area contributed by atoms with Gasteiger partial charge in [-0.2, -0.15) is 5.10 Å². The molecule has 0 aliphatic carbocycles. The number of halogens is 2. The molecular formula is C11H12Br2N6O. The zero-order chi connectivity index (χ0) is 14.7. The molecule has 1 amide bonds. The molecule has 0 spiro atoms. The van der Waals surface area contributed by atoms with Crippen molar-refractivity contribution in [3.8, 4) is 0 Å². The number of H-pyrrole nitrogens is 1. The van der Waals surface area contributed by atoms with Crippen LogP contribution < -0.4 is 11.1 Å². The first-order chi connectivity index (χ1) is 9.52. The van der Waals surface area contributed by atoms with Crippen molar-refractivity contribution in [2.75, 3.05) is 11.1 Å². The molecule has 0 bridgehead atoms. The Morgan fingerprint density at radius 3 is 2.90 bits per heavy atom. The predicted molar refractivity (Wildman–Crippen MR) is 82.4 cm³/mol. The number of anilines is 2. The Balaban J connectivity index is 2.20. The van der Waals surface area contributed by atoms with Crippen LogP contribution in [0.15, 0.2) is 15.4 Å². The maximum Gasteiger partial charge on any atom is 0.279 e. The molecule has 0 aromatic carbocycles. The molecule has 2 aromatic rings. The van der Waals surface area contributed by atoms with Crippen molar-refractivity contribution in [1.29, 1.82) is 0 Å². The quantitative estimate of drug-likeness (QED) is 0.726. The Hall–Kier alpha value is -1.48. The fourth-order valence-electron chi connectivity index (χ4n) is 1.60. The van der Waals surface area contributed by atoms with Gasteiger partial charge >= 0.3 is 0 Å². The Kier molecular flexibility index (Phi) is 4.71. The van der Waals surface area contributed by atoms with E-state index >= 15 is 0 Å². The average Bonchev–Trinajstić information content (AvgIpc) is 2.75. The summed E-state index contributed by atoms with van der Waals surface area (Å²) in [7, 11) is 0. The monoisotopic (exact) mass is 402 g/mol. The van der Waals surface area contributed by atoms with E-state index in [1.807, 2.05) is 6.92 Å². The summed E-state index contributed by atoms with van der Waals surface area (Å²) in [5.74, 6) is -0.129. The lowest BCUT2D eigenvalue weighted by molar-refractivity contribution is 0.102. The maximum absolute atomic E-state index is 12.1. The van der Waals surface area contributed by atoms with E-state index in [-0.39, 0.29) is 5.69 Å². The van der Waals surface area contributed by atoms with Gasteiger partial charge in [-0.05, 0) is 38.3 Å². The van der Waals surface area contributed by atoms with Gasteiger partial charge in [-0.25, -0.2) is 9.97 Å². The Labute approximate surface area is 132 Å². The fraction of sp³-hybridized carbons (Fsp3) is 0.273. The molecule has 2 rings (SSSR count). The average molecular weight is 404 g/mol. The van der Waals surface area contributed by atoms with Crippen molar-refractivity contribution in [3.63, 3.8) is 0 Å². The molecule has 2 heterocycles. The van der Waals surface area contributed by atoms with Gasteiger partial charge in [0.15, 0.2) is 11.5 Å². The molecule has 7 nitrogen and oxygen atoms in total. The van der Waals surface area contributed by atoms with Crippen LogP contribution in [-0.4, -0.2) is 26.1 Å². The molecule has 0 aliphatic heterocycles. The molecule has 9 heteroatoms. The van der Waals surface area contributed by atoms with Gasteiger partial charge in [0.05, 0.1) is 17.6 Å². The minimum absolute atomic E-state index is 0.157. The largest absolute Gasteiger partial charge is 0.395 e. The first kappa shape index (κ1) is 14.9. The number of aryl methyl sites for hydroxylation is 1. The molecule has 0 aliphatic rings. The third-order valence-electron chi connectivity index (χ3n) is 2.53. The van der Waals surface area contributed by atoms with Crippen molar-refractivity contribution in [3.05, 3.63) is 26.8 Å². The van der Waals surface area contributed by atoms with Gasteiger partial charge < -0.3 is 11.1 Å². The molecule has 0 fully saturated rings. The van der Waals surface area contributed by atoms with E-state index < -0.39 is 5.91 Å². The van der Waals surface area contributed by atoms with Crippen molar-refractivity contribution in [1.82, 2.24) is 20.2 Å². The third-order valence-corrected chi connectivity index (χ3v) is 3.47. The summed E-state index contributed by atoms with van der Waals surface area (Å²) in [5.41, 5.74) is 7.18. The van der Waals surface area contributed by atoms with Crippen LogP contribution in [0.2, 0.25) is 0 Å². The summed E-state index contributed by atoms with van der Waals surface area (Å²) in [5, 5.41) is 9.32. The van der Waals surface area contributed by atoms with Crippen LogP contribution in [0.5, 0.6) is 0 Å². The second-order valence-electron chi connectivity index (χ2n) is 4.00. The lowest BCUT2D eigenvalue weighted by Crippen LogP contribution is -2.16. The summed E-state index contributed by atoms with van der Waals surface area (Å²) < 4.78 is 0.981. The third kappa shape index (κ3) is 3.15. The minimum atomic E-state index is -0.432. The van der Waals surface area contributed by atoms with Crippen LogP contribution in [0.4, 0.5) is 11.5 Å². The SMILES string of the molecule is CCCc1[nH]nc(C(=O)Nc2ncc(Br)nc2Br)c1N. The van der Waals surface area contributed by atoms with Gasteiger partial charge in [0, 0.05) is 0 Å². The summed E-state index contributed by atoms with van der Waals surface area (Å²) in [6.07, 6.45) is 3.14. The predicted octanol–water partition coefficient (Wildman–Crippen LogP) is 2.51. The molecule has 0 saturated carbocycles. The van der Waals surface area contributed by atoms with E-state index in [4.69, 9.17) is 5.73 Å². The molecule has 4 N–H and O–H groups in total. The number of aromatic amines is 1. The summed E-state index contributed by atoms with van der Waals surface area (Å²) in [6.45, 7) is 2.02. The number of hydrogen-bond acceptors (Lipinski definition) is 5. The van der Waals surface area contributed by atoms with Crippen molar-refractivity contribution < 1.29 is 4.79 Å². The normalized spacial score (nSPS) is 10.6. The van der Waals surface area contributed by atoms with Gasteiger partial charge in [-0.3, -0.25) is 9.89 Å². The highest BCUT2D eigenvalue weighted by Crippen LogP contribution is 2.21. The first-order valence-corrected chi connectivity index (χ1v) is 7.43. The van der Waals surface area contributed by atoms with E-state index in [9.17, 15) is 4.79 Å². The fourth-order valence-corrected chi connectivity index (χ4v) is 2.51. The Bertz CT molecular complexity index is 642. The van der Waals surface area contributed by atoms with Crippen LogP contribution >= 0.6 is 31.9 Å². The number of aromatic nitrogens is 4. The molecule has 106 valence electrons. The van der Waals surface area contributed by atoms with Gasteiger partial charge in [-0.1, -0.05) is 13.3 Å². The number of carbonyl (C=O) groups excluding carboxylic acids is 1. The van der Waals surface area contributed by atoms with Crippen molar-refractivity contribution in [2.24, 2.45) is 0 Å². The highest BCUT2D eigenvalue weighted by atomic mass is 79.9. The smallest absolute Gasteiger partial charge is 0.279 e. The summed E-state index contributed by atoms with van der Waals surface area (Å²) in [4.78, 5) is 20.2. The molecular weight excluding hydrogens is 392 g/mol. The molecule has 2 aromatic heterocycles. The number of carbonyl (C=O) groups is 1. The number of nitrogens with one attached hydrogen (secondary N) is 2. The number of nitrogens with two attached hydrogens (primary N) is 1. The zero-order valence-electron chi connectivity index (χ0n) is 10.6. The molecule has 0 saturated heterocycles. The van der Waals surface area contributed by atoms with Crippen LogP contribution in [-0.2, 0) is 6.42 Å². The van der Waals surface area contributed by atoms with E-state index in [1.165, 1.54) is 6.20 Å². The standard InChI is InChI=1S/C11H12Br2N6O/c1-2-3-5-7(14)8(19-18-5)11(20)17-10-9(13)16-6(12)4-15-10/h4H,2-3,14H2,1H3,(H,18,19)(H,15,17,20). The van der Waals surface area contributed by atoms with Gasteiger partial charge in [0.2, 0.25) is 0 Å². The van der Waals surface area contributed by atoms with Crippen LogP contribution in [0.1, 0.15) is 29.5 Å². The number of rotatable bonds is 4. The molecule has 0 unspecified atom stereocenters. The van der Waals surface area contributed by atoms with Crippen molar-refractivity contribution in [2.45, 2.75) is 19.8 Å². The van der Waals surface area contributed by atoms with E-state index in [0.717, 1.165) is 18.5 Å². The molecule has 0 atom stereocenters. The minimum Gasteiger partial charge on any atom is -0.395 e. The number of amides is 1. The van der Waals surface area contributed by atoms with Gasteiger partial charge in [0.25, 0.3) is 5.91 Å². The van der Waals surface area contributed by atoms with E-state index in [0.29, 0.717) is 20.7 Å². The Morgan fingerprint density at radius 1 is 1.50 bits per heavy atom. The van der Waals surface area contributed by atoms with Gasteiger partial charge in [0.1, 0.15) is 9.21 Å². The van der Waals surface area contributed by atoms with Crippen LogP contribution in [0.25, 0.3) is 0 Å². The highest BCUT2D eigenvalue weighted by molar-refractivity contribution is 9.11. The Morgan fingerprint density at radius 2 is 2.25 bits per heavy atom. The topological polar surface area (TPSA) is 110 Å². The van der Waals surface area contributed by atoms with Crippen molar-refractivity contribution >= 4 is 49.3 Å². The number of nitrogen functional groups attached to an aromatic ring is 1. The number of nitrogens with zero attached hydrogens (tertiary/aromatic N) is 3. The van der Waals surface area contributed by atoms with Crippen LogP contribution in [0, 0.1) is 0 Å². The summed E-state index contributed by atoms with van der Waals surface area (Å²) >= 11 is 6.40. The zero-order valence-corrected chi connectivity index (χ0v) is 13.7. The maximum atomic E-state index is 12.1. The summed E-state index contributed by atoms with van der Waals surface area (Å²) in [6, 6.07) is 0.